The predicted octanol–water partition coefficient (Wildman–Crippen LogP) is 3.93. The van der Waals surface area contributed by atoms with E-state index in [1.165, 1.54) is 20.3 Å². The lowest BCUT2D eigenvalue weighted by molar-refractivity contribution is -0.161. The molecule has 1 aliphatic heterocycles. The second-order valence-electron chi connectivity index (χ2n) is 8.32. The van der Waals surface area contributed by atoms with Gasteiger partial charge in [0.2, 0.25) is 5.88 Å². The van der Waals surface area contributed by atoms with Crippen molar-refractivity contribution in [3.63, 3.8) is 0 Å². The molecule has 0 amide bonds. The van der Waals surface area contributed by atoms with E-state index in [2.05, 4.69) is 20.9 Å². The Hall–Kier alpha value is -2.65. The van der Waals surface area contributed by atoms with E-state index in [-0.39, 0.29) is 22.3 Å². The first kappa shape index (κ1) is 23.1. The number of hydrogen-bond acceptors (Lipinski definition) is 7. The molecule has 2 aromatic carbocycles. The van der Waals surface area contributed by atoms with E-state index in [1.807, 2.05) is 30.3 Å². The Balaban J connectivity index is 1.90. The lowest BCUT2D eigenvalue weighted by Gasteiger charge is -2.40. The summed E-state index contributed by atoms with van der Waals surface area (Å²) in [7, 11) is 2.63. The Morgan fingerprint density at radius 1 is 1.15 bits per heavy atom. The number of halogens is 2. The second kappa shape index (κ2) is 8.23. The average Bonchev–Trinajstić information content (AvgIpc) is 3.21. The van der Waals surface area contributed by atoms with Gasteiger partial charge < -0.3 is 24.4 Å². The van der Waals surface area contributed by atoms with E-state index in [1.54, 1.807) is 24.3 Å². The van der Waals surface area contributed by atoms with Crippen molar-refractivity contribution in [2.75, 3.05) is 14.2 Å². The quantitative estimate of drug-likeness (QED) is 0.378. The van der Waals surface area contributed by atoms with Gasteiger partial charge in [-0.2, -0.15) is 0 Å². The molecule has 0 unspecified atom stereocenters. The van der Waals surface area contributed by atoms with Crippen molar-refractivity contribution in [1.29, 1.82) is 0 Å². The molecule has 0 bridgehead atoms. The number of fused-ring (bicyclic) bond motifs is 3. The number of aliphatic hydroxyl groups is 2. The summed E-state index contributed by atoms with van der Waals surface area (Å²) < 4.78 is 18.0. The molecule has 7 nitrogen and oxygen atoms in total. The maximum Gasteiger partial charge on any atom is 0.312 e. The zero-order valence-electron chi connectivity index (χ0n) is 18.2. The molecule has 0 spiro atoms. The molecule has 9 heteroatoms. The van der Waals surface area contributed by atoms with Crippen LogP contribution in [0.4, 0.5) is 0 Å². The highest BCUT2D eigenvalue weighted by molar-refractivity contribution is 9.10. The summed E-state index contributed by atoms with van der Waals surface area (Å²) in [4.78, 5) is 17.3. The lowest BCUT2D eigenvalue weighted by Crippen LogP contribution is -2.52. The molecule has 1 fully saturated rings. The smallest absolute Gasteiger partial charge is 0.312 e. The topological polar surface area (TPSA) is 98.1 Å². The van der Waals surface area contributed by atoms with Crippen molar-refractivity contribution < 1.29 is 29.2 Å². The number of rotatable bonds is 4. The molecule has 1 aliphatic carbocycles. The van der Waals surface area contributed by atoms with Gasteiger partial charge in [0.05, 0.1) is 25.7 Å². The van der Waals surface area contributed by atoms with Gasteiger partial charge in [0.15, 0.2) is 11.2 Å². The highest BCUT2D eigenvalue weighted by Crippen LogP contribution is 2.69. The van der Waals surface area contributed by atoms with Crippen molar-refractivity contribution >= 4 is 33.5 Å². The SMILES string of the molecule is COC(=O)[C@@H]1[C@@H](c2ccccc2)[C@]2(c3ccc(Br)cc3)Oc3cc(Cl)nc(OC)c3[C@]2(O)[C@H]1O. The minimum atomic E-state index is -2.13. The van der Waals surface area contributed by atoms with Crippen LogP contribution in [0.2, 0.25) is 5.15 Å². The number of aromatic nitrogens is 1. The van der Waals surface area contributed by atoms with Crippen LogP contribution in [0.15, 0.2) is 65.1 Å². The van der Waals surface area contributed by atoms with Crippen LogP contribution in [0.5, 0.6) is 11.6 Å². The number of esters is 1. The molecule has 2 N–H and O–H groups in total. The third-order valence-electron chi connectivity index (χ3n) is 6.80. The number of aliphatic hydroxyl groups excluding tert-OH is 1. The number of carbonyl (C=O) groups is 1. The summed E-state index contributed by atoms with van der Waals surface area (Å²) in [5.74, 6) is -2.45. The fourth-order valence-corrected chi connectivity index (χ4v) is 5.95. The minimum absolute atomic E-state index is 0.000337. The number of methoxy groups -OCH3 is 2. The van der Waals surface area contributed by atoms with Gasteiger partial charge in [-0.05, 0) is 23.3 Å². The van der Waals surface area contributed by atoms with Crippen LogP contribution in [0.3, 0.4) is 0 Å². The second-order valence-corrected chi connectivity index (χ2v) is 9.62. The molecule has 1 aromatic heterocycles. The maximum absolute atomic E-state index is 13.1. The van der Waals surface area contributed by atoms with E-state index in [0.717, 1.165) is 4.47 Å². The molecule has 2 aliphatic rings. The van der Waals surface area contributed by atoms with Crippen LogP contribution in [0.1, 0.15) is 22.6 Å². The maximum atomic E-state index is 13.1. The summed E-state index contributed by atoms with van der Waals surface area (Å²) in [6.07, 6.45) is -1.62. The third kappa shape index (κ3) is 2.95. The summed E-state index contributed by atoms with van der Waals surface area (Å²) in [5, 5.41) is 24.3. The number of ether oxygens (including phenoxy) is 3. The molecule has 3 aromatic rings. The molecule has 5 rings (SSSR count). The fourth-order valence-electron chi connectivity index (χ4n) is 5.51. The molecule has 5 atom stereocenters. The van der Waals surface area contributed by atoms with Gasteiger partial charge in [0.25, 0.3) is 0 Å². The molecule has 0 radical (unpaired) electrons. The van der Waals surface area contributed by atoms with Crippen molar-refractivity contribution in [2.24, 2.45) is 5.92 Å². The van der Waals surface area contributed by atoms with Crippen LogP contribution >= 0.6 is 27.5 Å². The van der Waals surface area contributed by atoms with Gasteiger partial charge in [-0.15, -0.1) is 0 Å². The third-order valence-corrected chi connectivity index (χ3v) is 7.52. The Bertz CT molecular complexity index is 1260. The minimum Gasteiger partial charge on any atom is -0.481 e. The van der Waals surface area contributed by atoms with Gasteiger partial charge >= 0.3 is 5.97 Å². The highest BCUT2D eigenvalue weighted by Gasteiger charge is 2.78. The number of pyridine rings is 1. The van der Waals surface area contributed by atoms with Crippen LogP contribution in [0.25, 0.3) is 0 Å². The Labute approximate surface area is 209 Å². The van der Waals surface area contributed by atoms with Crippen LogP contribution in [-0.2, 0) is 20.7 Å². The molecule has 34 heavy (non-hydrogen) atoms. The van der Waals surface area contributed by atoms with Gasteiger partial charge in [0.1, 0.15) is 17.0 Å². The van der Waals surface area contributed by atoms with Crippen LogP contribution in [0, 0.1) is 5.92 Å². The molecular weight excluding hydrogens is 526 g/mol. The Kier molecular flexibility index (Phi) is 5.60. The molecule has 176 valence electrons. The zero-order valence-corrected chi connectivity index (χ0v) is 20.6. The lowest BCUT2D eigenvalue weighted by atomic mass is 9.71. The Morgan fingerprint density at radius 2 is 1.82 bits per heavy atom. The van der Waals surface area contributed by atoms with E-state index in [0.29, 0.717) is 11.1 Å². The summed E-state index contributed by atoms with van der Waals surface area (Å²) >= 11 is 9.66. The normalized spacial score (nSPS) is 29.2. The van der Waals surface area contributed by atoms with Crippen molar-refractivity contribution in [3.8, 4) is 11.6 Å². The number of hydrogen-bond donors (Lipinski definition) is 2. The number of carbonyl (C=O) groups excluding carboxylic acids is 1. The van der Waals surface area contributed by atoms with Gasteiger partial charge in [-0.3, -0.25) is 4.79 Å². The molecular formula is C25H21BrClNO6. The van der Waals surface area contributed by atoms with Gasteiger partial charge in [-0.25, -0.2) is 4.98 Å². The number of nitrogens with zero attached hydrogens (tertiary/aromatic N) is 1. The largest absolute Gasteiger partial charge is 0.481 e. The van der Waals surface area contributed by atoms with Gasteiger partial charge in [-0.1, -0.05) is 70.0 Å². The number of benzene rings is 2. The monoisotopic (exact) mass is 545 g/mol. The Morgan fingerprint density at radius 3 is 2.44 bits per heavy atom. The fraction of sp³-hybridized carbons (Fsp3) is 0.280. The van der Waals surface area contributed by atoms with E-state index >= 15 is 0 Å². The standard InChI is InChI=1S/C25H21BrClNO6/c1-32-22-20-16(12-17(27)28-22)34-25(14-8-10-15(26)11-9-14)19(13-6-4-3-5-7-13)18(23(30)33-2)21(29)24(20,25)31/h3-12,18-19,21,29,31H,1-2H3/t18-,19-,21+,24+,25+/m1/s1. The zero-order chi connectivity index (χ0) is 24.3. The van der Waals surface area contributed by atoms with Crippen LogP contribution in [-0.4, -0.2) is 41.5 Å². The summed E-state index contributed by atoms with van der Waals surface area (Å²) in [6, 6.07) is 17.8. The molecule has 1 saturated carbocycles. The first-order valence-electron chi connectivity index (χ1n) is 10.5. The average molecular weight is 547 g/mol. The molecule has 2 heterocycles. The molecule has 0 saturated heterocycles. The highest BCUT2D eigenvalue weighted by atomic mass is 79.9. The predicted molar refractivity (Wildman–Crippen MR) is 127 cm³/mol. The van der Waals surface area contributed by atoms with E-state index in [9.17, 15) is 15.0 Å². The van der Waals surface area contributed by atoms with Crippen LogP contribution < -0.4 is 9.47 Å². The summed E-state index contributed by atoms with van der Waals surface area (Å²) in [5.41, 5.74) is -2.40. The van der Waals surface area contributed by atoms with Crippen molar-refractivity contribution in [2.45, 2.75) is 23.2 Å². The van der Waals surface area contributed by atoms with E-state index in [4.69, 9.17) is 25.8 Å². The first-order valence-corrected chi connectivity index (χ1v) is 11.7. The summed E-state index contributed by atoms with van der Waals surface area (Å²) in [6.45, 7) is 0. The van der Waals surface area contributed by atoms with Crippen molar-refractivity contribution in [1.82, 2.24) is 4.98 Å². The first-order chi connectivity index (χ1) is 16.3. The van der Waals surface area contributed by atoms with E-state index < -0.39 is 35.1 Å². The van der Waals surface area contributed by atoms with Gasteiger partial charge in [0, 0.05) is 16.5 Å². The van der Waals surface area contributed by atoms with Crippen molar-refractivity contribution in [3.05, 3.63) is 87.0 Å².